The number of ether oxygens (including phenoxy) is 3. The van der Waals surface area contributed by atoms with E-state index in [1.165, 1.54) is 6.08 Å². The largest absolute Gasteiger partial charge is 0.461 e. The van der Waals surface area contributed by atoms with E-state index in [9.17, 15) is 14.7 Å². The minimum absolute atomic E-state index is 0.0371. The van der Waals surface area contributed by atoms with E-state index < -0.39 is 35.9 Å². The van der Waals surface area contributed by atoms with Crippen LogP contribution in [0.15, 0.2) is 61.2 Å². The zero-order valence-corrected chi connectivity index (χ0v) is 22.0. The molecule has 0 fully saturated rings. The zero-order valence-electron chi connectivity index (χ0n) is 22.0. The molecule has 3 atom stereocenters. The van der Waals surface area contributed by atoms with Gasteiger partial charge in [-0.05, 0) is 49.9 Å². The van der Waals surface area contributed by atoms with Gasteiger partial charge in [0.25, 0.3) is 0 Å². The number of rotatable bonds is 12. The number of nitrogens with one attached hydrogen (secondary N) is 2. The Morgan fingerprint density at radius 2 is 1.65 bits per heavy atom. The van der Waals surface area contributed by atoms with Crippen molar-refractivity contribution in [2.45, 2.75) is 57.5 Å². The van der Waals surface area contributed by atoms with E-state index in [0.717, 1.165) is 22.3 Å². The van der Waals surface area contributed by atoms with Gasteiger partial charge in [0.1, 0.15) is 13.2 Å². The molecule has 1 amide bonds. The predicted molar refractivity (Wildman–Crippen MR) is 142 cm³/mol. The van der Waals surface area contributed by atoms with Crippen molar-refractivity contribution in [3.63, 3.8) is 0 Å². The van der Waals surface area contributed by atoms with Gasteiger partial charge < -0.3 is 30.0 Å². The Hall–Kier alpha value is -3.20. The molecule has 37 heavy (non-hydrogen) atoms. The molecule has 200 valence electrons. The molecule has 0 saturated carbocycles. The molecule has 3 rings (SSSR count). The third-order valence-electron chi connectivity index (χ3n) is 6.07. The lowest BCUT2D eigenvalue weighted by molar-refractivity contribution is -0.141. The molecule has 3 N–H and O–H groups in total. The van der Waals surface area contributed by atoms with Crippen molar-refractivity contribution in [2.24, 2.45) is 0 Å². The molecule has 2 unspecified atom stereocenters. The monoisotopic (exact) mass is 510 g/mol. The van der Waals surface area contributed by atoms with E-state index in [1.807, 2.05) is 45.0 Å². The molecule has 0 spiro atoms. The van der Waals surface area contributed by atoms with Crippen LogP contribution in [-0.2, 0) is 19.0 Å². The third kappa shape index (κ3) is 7.89. The van der Waals surface area contributed by atoms with Crippen molar-refractivity contribution < 1.29 is 28.9 Å². The summed E-state index contributed by atoms with van der Waals surface area (Å²) in [5.74, 6) is -0.542. The van der Waals surface area contributed by atoms with Gasteiger partial charge in [-0.15, -0.1) is 0 Å². The maximum atomic E-state index is 12.9. The van der Waals surface area contributed by atoms with Crippen LogP contribution < -0.4 is 10.6 Å². The number of esters is 1. The summed E-state index contributed by atoms with van der Waals surface area (Å²) in [6.45, 7) is 11.2. The Morgan fingerprint density at radius 1 is 1.05 bits per heavy atom. The number of hydrogen-bond donors (Lipinski definition) is 3. The molecule has 2 aromatic rings. The highest BCUT2D eigenvalue weighted by Gasteiger charge is 2.33. The summed E-state index contributed by atoms with van der Waals surface area (Å²) < 4.78 is 16.6. The molecule has 0 aliphatic heterocycles. The molecule has 0 radical (unpaired) electrons. The highest BCUT2D eigenvalue weighted by Crippen LogP contribution is 2.44. The second-order valence-electron chi connectivity index (χ2n) is 10.1. The zero-order chi connectivity index (χ0) is 27.0. The van der Waals surface area contributed by atoms with Gasteiger partial charge in [0.15, 0.2) is 0 Å². The highest BCUT2D eigenvalue weighted by atomic mass is 16.6. The van der Waals surface area contributed by atoms with Crippen molar-refractivity contribution in [3.05, 3.63) is 72.3 Å². The van der Waals surface area contributed by atoms with Crippen LogP contribution in [0.2, 0.25) is 0 Å². The Labute approximate surface area is 219 Å². The Balaban J connectivity index is 1.63. The fourth-order valence-electron chi connectivity index (χ4n) is 4.59. The van der Waals surface area contributed by atoms with E-state index in [1.54, 1.807) is 6.92 Å². The summed E-state index contributed by atoms with van der Waals surface area (Å²) in [7, 11) is 0. The maximum absolute atomic E-state index is 12.9. The molecule has 0 heterocycles. The minimum Gasteiger partial charge on any atom is -0.461 e. The molecule has 0 bridgehead atoms. The average molecular weight is 511 g/mol. The second-order valence-corrected chi connectivity index (χ2v) is 10.1. The number of aliphatic hydroxyl groups is 1. The van der Waals surface area contributed by atoms with Crippen molar-refractivity contribution in [1.82, 2.24) is 10.6 Å². The molecule has 1 aliphatic rings. The highest BCUT2D eigenvalue weighted by molar-refractivity contribution is 5.79. The predicted octanol–water partition coefficient (Wildman–Crippen LogP) is 3.78. The molecule has 0 saturated heterocycles. The number of carbonyl (C=O) groups excluding carboxylic acids is 2. The number of aliphatic hydroxyl groups excluding tert-OH is 1. The first kappa shape index (κ1) is 28.4. The number of benzene rings is 2. The number of hydrogen-bond acceptors (Lipinski definition) is 7. The lowest BCUT2D eigenvalue weighted by atomic mass is 9.98. The summed E-state index contributed by atoms with van der Waals surface area (Å²) in [5.41, 5.74) is 4.02. The van der Waals surface area contributed by atoms with Gasteiger partial charge in [-0.1, -0.05) is 61.2 Å². The van der Waals surface area contributed by atoms with Crippen LogP contribution in [0.1, 0.15) is 44.7 Å². The number of carbonyl (C=O) groups is 2. The fraction of sp³-hybridized carbons (Fsp3) is 0.448. The third-order valence-corrected chi connectivity index (χ3v) is 6.07. The maximum Gasteiger partial charge on any atom is 0.407 e. The molecule has 8 heteroatoms. The van der Waals surface area contributed by atoms with Crippen LogP contribution >= 0.6 is 0 Å². The normalized spacial score (nSPS) is 15.2. The lowest BCUT2D eigenvalue weighted by Crippen LogP contribution is -2.55. The lowest BCUT2D eigenvalue weighted by Gasteiger charge is -2.34. The van der Waals surface area contributed by atoms with Crippen LogP contribution in [0.3, 0.4) is 0 Å². The van der Waals surface area contributed by atoms with Crippen LogP contribution in [0.5, 0.6) is 0 Å². The van der Waals surface area contributed by atoms with Gasteiger partial charge in [0, 0.05) is 12.5 Å². The topological polar surface area (TPSA) is 106 Å². The van der Waals surface area contributed by atoms with E-state index in [4.69, 9.17) is 14.2 Å². The van der Waals surface area contributed by atoms with Crippen LogP contribution in [0, 0.1) is 0 Å². The first-order valence-corrected chi connectivity index (χ1v) is 12.6. The number of amides is 1. The average Bonchev–Trinajstić information content (AvgIpc) is 3.17. The van der Waals surface area contributed by atoms with Gasteiger partial charge in [-0.25, -0.2) is 4.79 Å². The van der Waals surface area contributed by atoms with Crippen molar-refractivity contribution in [1.29, 1.82) is 0 Å². The summed E-state index contributed by atoms with van der Waals surface area (Å²) in [6, 6.07) is 15.4. The molecule has 0 aromatic heterocycles. The molecule has 1 aliphatic carbocycles. The van der Waals surface area contributed by atoms with Crippen LogP contribution in [-0.4, -0.2) is 67.3 Å². The standard InChI is InChI=1S/C29H38N2O6/c1-6-15-35-26(33)17-30-16-25(32)27(19(2)37-29(3,4)5)31-28(34)36-18-24-22-13-9-7-11-20(22)21-12-8-10-14-23(21)24/h6-14,19,24-25,27,30,32H,1,15-18H2,2-5H3,(H,31,34)/t19?,25?,27-/m1/s1. The van der Waals surface area contributed by atoms with Gasteiger partial charge >= 0.3 is 12.1 Å². The SMILES string of the molecule is C=CCOC(=O)CNCC(O)[C@H](NC(=O)OCC1c2ccccc2-c2ccccc21)C(C)OC(C)(C)C. The fourth-order valence-corrected chi connectivity index (χ4v) is 4.59. The molecular weight excluding hydrogens is 472 g/mol. The minimum atomic E-state index is -1.05. The van der Waals surface area contributed by atoms with E-state index in [0.29, 0.717) is 0 Å². The summed E-state index contributed by atoms with van der Waals surface area (Å²) in [5, 5.41) is 16.5. The summed E-state index contributed by atoms with van der Waals surface area (Å²) in [6.07, 6.45) is -0.761. The van der Waals surface area contributed by atoms with Gasteiger partial charge in [0.2, 0.25) is 0 Å². The van der Waals surface area contributed by atoms with Gasteiger partial charge in [0.05, 0.1) is 30.4 Å². The second kappa shape index (κ2) is 12.9. The van der Waals surface area contributed by atoms with E-state index in [-0.39, 0.29) is 32.2 Å². The van der Waals surface area contributed by atoms with Gasteiger partial charge in [-0.2, -0.15) is 0 Å². The first-order valence-electron chi connectivity index (χ1n) is 12.6. The van der Waals surface area contributed by atoms with E-state index in [2.05, 4.69) is 41.5 Å². The van der Waals surface area contributed by atoms with Crippen molar-refractivity contribution in [2.75, 3.05) is 26.3 Å². The van der Waals surface area contributed by atoms with Crippen molar-refractivity contribution in [3.8, 4) is 11.1 Å². The van der Waals surface area contributed by atoms with Crippen LogP contribution in [0.4, 0.5) is 4.79 Å². The summed E-state index contributed by atoms with van der Waals surface area (Å²) in [4.78, 5) is 24.6. The molecule has 2 aromatic carbocycles. The Morgan fingerprint density at radius 3 is 2.22 bits per heavy atom. The molecule has 8 nitrogen and oxygen atoms in total. The van der Waals surface area contributed by atoms with E-state index >= 15 is 0 Å². The smallest absolute Gasteiger partial charge is 0.407 e. The number of alkyl carbamates (subject to hydrolysis) is 1. The quantitative estimate of drug-likeness (QED) is 0.295. The summed E-state index contributed by atoms with van der Waals surface area (Å²) >= 11 is 0. The Kier molecular flexibility index (Phi) is 9.86. The number of fused-ring (bicyclic) bond motifs is 3. The first-order chi connectivity index (χ1) is 17.6. The van der Waals surface area contributed by atoms with Crippen LogP contribution in [0.25, 0.3) is 11.1 Å². The van der Waals surface area contributed by atoms with Gasteiger partial charge in [-0.3, -0.25) is 4.79 Å². The Bertz CT molecular complexity index is 1030. The van der Waals surface area contributed by atoms with Crippen molar-refractivity contribution >= 4 is 12.1 Å². The molecular formula is C29H38N2O6.